The molecule has 5 heteroatoms. The third-order valence-corrected chi connectivity index (χ3v) is 4.96. The predicted octanol–water partition coefficient (Wildman–Crippen LogP) is 1.75. The van der Waals surface area contributed by atoms with Crippen LogP contribution in [0.4, 0.5) is 0 Å². The highest BCUT2D eigenvalue weighted by Gasteiger charge is 2.59. The molecule has 4 rings (SSSR count). The van der Waals surface area contributed by atoms with E-state index < -0.39 is 5.60 Å². The zero-order valence-electron chi connectivity index (χ0n) is 12.8. The quantitative estimate of drug-likeness (QED) is 0.777. The molecule has 21 heavy (non-hydrogen) atoms. The van der Waals surface area contributed by atoms with Crippen molar-refractivity contribution >= 4 is 18.3 Å². The molecular weight excluding hydrogens is 265 g/mol. The lowest BCUT2D eigenvalue weighted by Gasteiger charge is -2.33. The molecule has 3 aliphatic heterocycles. The maximum atomic E-state index is 6.27. The predicted molar refractivity (Wildman–Crippen MR) is 82.6 cm³/mol. The van der Waals surface area contributed by atoms with Gasteiger partial charge in [0.15, 0.2) is 0 Å². The number of aryl methyl sites for hydroxylation is 1. The lowest BCUT2D eigenvalue weighted by molar-refractivity contribution is 0.0452. The summed E-state index contributed by atoms with van der Waals surface area (Å²) in [6.45, 7) is 7.85. The summed E-state index contributed by atoms with van der Waals surface area (Å²) in [5.74, 6) is 0.997. The first-order chi connectivity index (χ1) is 9.99. The van der Waals surface area contributed by atoms with Gasteiger partial charge in [0, 0.05) is 0 Å². The van der Waals surface area contributed by atoms with Crippen LogP contribution in [0, 0.1) is 0 Å². The summed E-state index contributed by atoms with van der Waals surface area (Å²) in [5.41, 5.74) is 2.62. The van der Waals surface area contributed by atoms with Gasteiger partial charge in [-0.25, -0.2) is 0 Å². The third kappa shape index (κ3) is 2.02. The zero-order valence-corrected chi connectivity index (χ0v) is 12.8. The highest BCUT2D eigenvalue weighted by molar-refractivity contribution is 6.62. The van der Waals surface area contributed by atoms with Crippen molar-refractivity contribution in [2.24, 2.45) is 4.99 Å². The number of nitrogens with zero attached hydrogens (tertiary/aromatic N) is 1. The van der Waals surface area contributed by atoms with Gasteiger partial charge in [-0.3, -0.25) is 4.99 Å². The molecule has 1 aromatic rings. The van der Waals surface area contributed by atoms with Crippen molar-refractivity contribution in [3.8, 4) is 5.75 Å². The van der Waals surface area contributed by atoms with Crippen LogP contribution >= 0.6 is 0 Å². The Hall–Kier alpha value is -1.33. The minimum Gasteiger partial charge on any atom is -0.493 e. The molecule has 0 aromatic heterocycles. The van der Waals surface area contributed by atoms with Gasteiger partial charge in [0.2, 0.25) is 0 Å². The third-order valence-electron chi connectivity index (χ3n) is 4.96. The van der Waals surface area contributed by atoms with E-state index in [9.17, 15) is 0 Å². The fraction of sp³-hybridized carbons (Fsp3) is 0.562. The molecule has 0 radical (unpaired) electrons. The summed E-state index contributed by atoms with van der Waals surface area (Å²) in [4.78, 5) is 4.34. The molecule has 0 spiro atoms. The number of rotatable bonds is 2. The van der Waals surface area contributed by atoms with Crippen molar-refractivity contribution in [3.63, 3.8) is 0 Å². The molecule has 3 aliphatic rings. The molecule has 0 N–H and O–H groups in total. The van der Waals surface area contributed by atoms with Crippen LogP contribution in [0.5, 0.6) is 5.75 Å². The Bertz CT molecular complexity index is 628. The monoisotopic (exact) mass is 285 g/mol. The Labute approximate surface area is 125 Å². The Balaban J connectivity index is 1.64. The number of aliphatic imine (C=N–C) groups is 1. The van der Waals surface area contributed by atoms with E-state index in [2.05, 4.69) is 31.8 Å². The highest BCUT2D eigenvalue weighted by atomic mass is 16.7. The summed E-state index contributed by atoms with van der Waals surface area (Å²) >= 11 is 0. The van der Waals surface area contributed by atoms with Gasteiger partial charge in [0.25, 0.3) is 0 Å². The number of hydrogen-bond donors (Lipinski definition) is 0. The summed E-state index contributed by atoms with van der Waals surface area (Å²) in [7, 11) is -0.333. The largest absolute Gasteiger partial charge is 0.495 e. The van der Waals surface area contributed by atoms with Crippen LogP contribution in [-0.2, 0) is 15.7 Å². The van der Waals surface area contributed by atoms with Crippen molar-refractivity contribution in [1.82, 2.24) is 0 Å². The smallest absolute Gasteiger partial charge is 0.493 e. The van der Waals surface area contributed by atoms with E-state index in [0.29, 0.717) is 0 Å². The van der Waals surface area contributed by atoms with Crippen LogP contribution in [0.2, 0.25) is 0 Å². The summed E-state index contributed by atoms with van der Waals surface area (Å²) < 4.78 is 18.1. The van der Waals surface area contributed by atoms with Gasteiger partial charge < -0.3 is 14.0 Å². The molecule has 1 fully saturated rings. The van der Waals surface area contributed by atoms with Crippen molar-refractivity contribution in [2.45, 2.75) is 44.8 Å². The molecule has 1 atom stereocenters. The van der Waals surface area contributed by atoms with E-state index >= 15 is 0 Å². The lowest BCUT2D eigenvalue weighted by atomic mass is 9.78. The van der Waals surface area contributed by atoms with Crippen molar-refractivity contribution in [2.75, 3.05) is 13.2 Å². The van der Waals surface area contributed by atoms with E-state index in [1.165, 1.54) is 5.56 Å². The maximum absolute atomic E-state index is 6.27. The van der Waals surface area contributed by atoms with E-state index in [4.69, 9.17) is 14.0 Å². The van der Waals surface area contributed by atoms with Gasteiger partial charge in [-0.2, -0.15) is 0 Å². The molecule has 1 saturated heterocycles. The summed E-state index contributed by atoms with van der Waals surface area (Å²) in [5, 5.41) is 0. The minimum atomic E-state index is -0.427. The first-order valence-corrected chi connectivity index (χ1v) is 7.65. The van der Waals surface area contributed by atoms with Gasteiger partial charge in [0.1, 0.15) is 11.4 Å². The van der Waals surface area contributed by atoms with E-state index in [1.54, 1.807) is 0 Å². The van der Waals surface area contributed by atoms with Gasteiger partial charge in [-0.05, 0) is 50.7 Å². The summed E-state index contributed by atoms with van der Waals surface area (Å²) in [6, 6.07) is 6.24. The second kappa shape index (κ2) is 4.34. The van der Waals surface area contributed by atoms with Crippen LogP contribution in [0.15, 0.2) is 23.2 Å². The molecular formula is C16H20BNO3. The molecule has 110 valence electrons. The molecule has 0 amide bonds. The lowest BCUT2D eigenvalue weighted by Crippen LogP contribution is -2.48. The van der Waals surface area contributed by atoms with Crippen LogP contribution in [0.3, 0.4) is 0 Å². The Morgan fingerprint density at radius 2 is 2.00 bits per heavy atom. The van der Waals surface area contributed by atoms with E-state index in [0.717, 1.165) is 42.9 Å². The second-order valence-electron chi connectivity index (χ2n) is 6.69. The van der Waals surface area contributed by atoms with E-state index in [-0.39, 0.29) is 12.7 Å². The number of ether oxygens (including phenoxy) is 1. The molecule has 0 saturated carbocycles. The molecule has 1 aromatic carbocycles. The fourth-order valence-electron chi connectivity index (χ4n) is 3.18. The number of hydrogen-bond acceptors (Lipinski definition) is 4. The van der Waals surface area contributed by atoms with Gasteiger partial charge >= 0.3 is 7.12 Å². The van der Waals surface area contributed by atoms with E-state index in [1.807, 2.05) is 12.1 Å². The van der Waals surface area contributed by atoms with Gasteiger partial charge in [-0.15, -0.1) is 0 Å². The Morgan fingerprint density at radius 1 is 1.19 bits per heavy atom. The molecule has 0 bridgehead atoms. The zero-order chi connectivity index (χ0) is 14.7. The molecule has 3 heterocycles. The highest BCUT2D eigenvalue weighted by Crippen LogP contribution is 2.41. The topological polar surface area (TPSA) is 40.0 Å². The van der Waals surface area contributed by atoms with Crippen molar-refractivity contribution in [1.29, 1.82) is 0 Å². The average Bonchev–Trinajstić information content (AvgIpc) is 3.27. The molecule has 4 nitrogen and oxygen atoms in total. The van der Waals surface area contributed by atoms with Crippen LogP contribution in [0.25, 0.3) is 0 Å². The maximum Gasteiger partial charge on any atom is 0.495 e. The normalized spacial score (nSPS) is 29.7. The molecule has 1 unspecified atom stereocenters. The Kier molecular flexibility index (Phi) is 2.76. The van der Waals surface area contributed by atoms with Crippen molar-refractivity contribution < 1.29 is 14.0 Å². The van der Waals surface area contributed by atoms with Gasteiger partial charge in [-0.1, -0.05) is 12.1 Å². The number of benzene rings is 1. The average molecular weight is 285 g/mol. The van der Waals surface area contributed by atoms with Crippen LogP contribution in [0.1, 0.15) is 32.8 Å². The fourth-order valence-corrected chi connectivity index (χ4v) is 3.18. The van der Waals surface area contributed by atoms with Gasteiger partial charge in [0.05, 0.1) is 24.5 Å². The first-order valence-electron chi connectivity index (χ1n) is 7.65. The number of fused-ring (bicyclic) bond motifs is 1. The SMILES string of the molecule is CC1(C)OB(c2ccc3c(c2)CCCO3)OC1(C)C1=NC1. The molecule has 0 aliphatic carbocycles. The Morgan fingerprint density at radius 3 is 2.76 bits per heavy atom. The second-order valence-corrected chi connectivity index (χ2v) is 6.69. The van der Waals surface area contributed by atoms with Crippen LogP contribution in [-0.4, -0.2) is 37.2 Å². The van der Waals surface area contributed by atoms with Crippen LogP contribution < -0.4 is 10.2 Å². The first kappa shape index (κ1) is 13.3. The standard InChI is InChI=1S/C16H20BNO3/c1-15(2)16(3,14-10-18-14)21-17(20-15)12-6-7-13-11(9-12)5-4-8-19-13/h6-7,9H,4-5,8,10H2,1-3H3. The summed E-state index contributed by atoms with van der Waals surface area (Å²) in [6.07, 6.45) is 2.13. The van der Waals surface area contributed by atoms with Crippen molar-refractivity contribution in [3.05, 3.63) is 23.8 Å². The minimum absolute atomic E-state index is 0.333.